The first-order valence-electron chi connectivity index (χ1n) is 9.59. The molecule has 0 radical (unpaired) electrons. The molecule has 30 heavy (non-hydrogen) atoms. The molecule has 0 bridgehead atoms. The second kappa shape index (κ2) is 9.88. The number of rotatable bonds is 7. The smallest absolute Gasteiger partial charge is 0.255 e. The van der Waals surface area contributed by atoms with Gasteiger partial charge in [-0.25, -0.2) is 0 Å². The van der Waals surface area contributed by atoms with Crippen LogP contribution in [-0.2, 0) is 6.61 Å². The Morgan fingerprint density at radius 1 is 0.900 bits per heavy atom. The second-order valence-electron chi connectivity index (χ2n) is 6.87. The van der Waals surface area contributed by atoms with E-state index in [-0.39, 0.29) is 12.5 Å². The number of halogens is 2. The summed E-state index contributed by atoms with van der Waals surface area (Å²) >= 11 is 12.2. The van der Waals surface area contributed by atoms with E-state index in [2.05, 4.69) is 5.32 Å². The standard InChI is InChI=1S/C24H23Cl2NO3/c1-4-29-23-10-6-17(24(28)27-19-7-5-15(2)22(26)13-19)12-18(23)14-30-20-8-9-21(25)16(3)11-20/h5-13H,4,14H2,1-3H3,(H,27,28). The average Bonchev–Trinajstić information content (AvgIpc) is 2.72. The summed E-state index contributed by atoms with van der Waals surface area (Å²) in [5.41, 5.74) is 3.80. The highest BCUT2D eigenvalue weighted by molar-refractivity contribution is 6.31. The molecule has 0 aliphatic heterocycles. The molecule has 0 unspecified atom stereocenters. The van der Waals surface area contributed by atoms with E-state index in [4.69, 9.17) is 32.7 Å². The van der Waals surface area contributed by atoms with Crippen LogP contribution >= 0.6 is 23.2 Å². The van der Waals surface area contributed by atoms with Crippen molar-refractivity contribution in [1.82, 2.24) is 0 Å². The topological polar surface area (TPSA) is 47.6 Å². The van der Waals surface area contributed by atoms with Gasteiger partial charge >= 0.3 is 0 Å². The lowest BCUT2D eigenvalue weighted by Crippen LogP contribution is -2.13. The Kier molecular flexibility index (Phi) is 7.24. The van der Waals surface area contributed by atoms with Crippen LogP contribution < -0.4 is 14.8 Å². The normalized spacial score (nSPS) is 10.6. The molecular weight excluding hydrogens is 421 g/mol. The molecule has 0 aliphatic rings. The summed E-state index contributed by atoms with van der Waals surface area (Å²) in [5.74, 6) is 1.14. The van der Waals surface area contributed by atoms with E-state index >= 15 is 0 Å². The van der Waals surface area contributed by atoms with E-state index in [0.717, 1.165) is 16.7 Å². The Hall–Kier alpha value is -2.69. The zero-order valence-electron chi connectivity index (χ0n) is 17.1. The zero-order valence-corrected chi connectivity index (χ0v) is 18.6. The molecule has 0 spiro atoms. The molecule has 0 atom stereocenters. The highest BCUT2D eigenvalue weighted by Crippen LogP contribution is 2.26. The molecule has 156 valence electrons. The minimum atomic E-state index is -0.235. The van der Waals surface area contributed by atoms with Gasteiger partial charge in [-0.2, -0.15) is 0 Å². The Morgan fingerprint density at radius 2 is 1.70 bits per heavy atom. The number of carbonyl (C=O) groups is 1. The van der Waals surface area contributed by atoms with Gasteiger partial charge in [-0.05, 0) is 80.4 Å². The van der Waals surface area contributed by atoms with E-state index in [1.807, 2.05) is 45.0 Å². The van der Waals surface area contributed by atoms with Crippen LogP contribution in [0, 0.1) is 13.8 Å². The zero-order chi connectivity index (χ0) is 21.7. The first-order valence-corrected chi connectivity index (χ1v) is 10.3. The van der Waals surface area contributed by atoms with E-state index in [9.17, 15) is 4.79 Å². The molecule has 3 aromatic carbocycles. The highest BCUT2D eigenvalue weighted by Gasteiger charge is 2.12. The molecule has 0 heterocycles. The predicted molar refractivity (Wildman–Crippen MR) is 122 cm³/mol. The molecule has 0 aliphatic carbocycles. The fourth-order valence-corrected chi connectivity index (χ4v) is 3.17. The van der Waals surface area contributed by atoms with Crippen molar-refractivity contribution in [2.75, 3.05) is 11.9 Å². The molecular formula is C24H23Cl2NO3. The number of hydrogen-bond acceptors (Lipinski definition) is 3. The molecule has 0 aromatic heterocycles. The third-order valence-corrected chi connectivity index (χ3v) is 5.41. The molecule has 6 heteroatoms. The van der Waals surface area contributed by atoms with Crippen LogP contribution in [-0.4, -0.2) is 12.5 Å². The highest BCUT2D eigenvalue weighted by atomic mass is 35.5. The van der Waals surface area contributed by atoms with Gasteiger partial charge < -0.3 is 14.8 Å². The second-order valence-corrected chi connectivity index (χ2v) is 7.69. The molecule has 0 fully saturated rings. The van der Waals surface area contributed by atoms with Crippen LogP contribution in [0.3, 0.4) is 0 Å². The van der Waals surface area contributed by atoms with Crippen LogP contribution in [0.5, 0.6) is 11.5 Å². The van der Waals surface area contributed by atoms with Crippen LogP contribution in [0.15, 0.2) is 54.6 Å². The largest absolute Gasteiger partial charge is 0.493 e. The molecule has 3 aromatic rings. The summed E-state index contributed by atoms with van der Waals surface area (Å²) in [6.07, 6.45) is 0. The number of benzene rings is 3. The van der Waals surface area contributed by atoms with Gasteiger partial charge in [-0.15, -0.1) is 0 Å². The molecule has 4 nitrogen and oxygen atoms in total. The number of aryl methyl sites for hydroxylation is 2. The Balaban J connectivity index is 1.79. The summed E-state index contributed by atoms with van der Waals surface area (Å²) in [6, 6.07) is 16.2. The van der Waals surface area contributed by atoms with Gasteiger partial charge in [0.1, 0.15) is 18.1 Å². The average molecular weight is 444 g/mol. The number of carbonyl (C=O) groups excluding carboxylic acids is 1. The van der Waals surface area contributed by atoms with Crippen molar-refractivity contribution in [3.05, 3.63) is 86.9 Å². The lowest BCUT2D eigenvalue weighted by molar-refractivity contribution is 0.102. The Labute approximate surface area is 186 Å². The van der Waals surface area contributed by atoms with Gasteiger partial charge in [0, 0.05) is 26.9 Å². The first kappa shape index (κ1) is 22.0. The SMILES string of the molecule is CCOc1ccc(C(=O)Nc2ccc(C)c(Cl)c2)cc1COc1ccc(Cl)c(C)c1. The summed E-state index contributed by atoms with van der Waals surface area (Å²) < 4.78 is 11.6. The van der Waals surface area contributed by atoms with Gasteiger partial charge in [-0.1, -0.05) is 29.3 Å². The van der Waals surface area contributed by atoms with Gasteiger partial charge in [0.2, 0.25) is 0 Å². The number of amides is 1. The van der Waals surface area contributed by atoms with E-state index in [1.54, 1.807) is 30.3 Å². The van der Waals surface area contributed by atoms with Gasteiger partial charge in [0.05, 0.1) is 6.61 Å². The first-order chi connectivity index (χ1) is 14.4. The minimum Gasteiger partial charge on any atom is -0.493 e. The van der Waals surface area contributed by atoms with Crippen molar-refractivity contribution in [3.63, 3.8) is 0 Å². The number of anilines is 1. The Bertz CT molecular complexity index is 1070. The van der Waals surface area contributed by atoms with E-state index in [0.29, 0.717) is 39.4 Å². The summed E-state index contributed by atoms with van der Waals surface area (Å²) in [6.45, 7) is 6.52. The predicted octanol–water partition coefficient (Wildman–Crippen LogP) is 6.84. The lowest BCUT2D eigenvalue weighted by atomic mass is 10.1. The quantitative estimate of drug-likeness (QED) is 0.434. The fourth-order valence-electron chi connectivity index (χ4n) is 2.87. The lowest BCUT2D eigenvalue weighted by Gasteiger charge is -2.14. The maximum atomic E-state index is 12.7. The van der Waals surface area contributed by atoms with Crippen molar-refractivity contribution < 1.29 is 14.3 Å². The molecule has 0 saturated heterocycles. The van der Waals surface area contributed by atoms with Crippen molar-refractivity contribution in [3.8, 4) is 11.5 Å². The van der Waals surface area contributed by atoms with Crippen LogP contribution in [0.4, 0.5) is 5.69 Å². The molecule has 1 N–H and O–H groups in total. The minimum absolute atomic E-state index is 0.235. The van der Waals surface area contributed by atoms with Crippen molar-refractivity contribution in [1.29, 1.82) is 0 Å². The monoisotopic (exact) mass is 443 g/mol. The molecule has 0 saturated carbocycles. The number of nitrogens with one attached hydrogen (secondary N) is 1. The van der Waals surface area contributed by atoms with E-state index in [1.165, 1.54) is 0 Å². The summed E-state index contributed by atoms with van der Waals surface area (Å²) in [5, 5.41) is 4.16. The van der Waals surface area contributed by atoms with Gasteiger partial charge in [0.25, 0.3) is 5.91 Å². The van der Waals surface area contributed by atoms with Crippen molar-refractivity contribution in [2.45, 2.75) is 27.4 Å². The van der Waals surface area contributed by atoms with Crippen molar-refractivity contribution in [2.24, 2.45) is 0 Å². The third kappa shape index (κ3) is 5.47. The summed E-state index contributed by atoms with van der Waals surface area (Å²) in [7, 11) is 0. The van der Waals surface area contributed by atoms with Gasteiger partial charge in [-0.3, -0.25) is 4.79 Å². The number of ether oxygens (including phenoxy) is 2. The number of hydrogen-bond donors (Lipinski definition) is 1. The maximum absolute atomic E-state index is 12.7. The molecule has 3 rings (SSSR count). The van der Waals surface area contributed by atoms with Crippen LogP contribution in [0.2, 0.25) is 10.0 Å². The summed E-state index contributed by atoms with van der Waals surface area (Å²) in [4.78, 5) is 12.7. The fraction of sp³-hybridized carbons (Fsp3) is 0.208. The van der Waals surface area contributed by atoms with E-state index < -0.39 is 0 Å². The Morgan fingerprint density at radius 3 is 2.40 bits per heavy atom. The van der Waals surface area contributed by atoms with Crippen LogP contribution in [0.1, 0.15) is 34.0 Å². The third-order valence-electron chi connectivity index (χ3n) is 4.58. The van der Waals surface area contributed by atoms with Gasteiger partial charge in [0.15, 0.2) is 0 Å². The maximum Gasteiger partial charge on any atom is 0.255 e. The molecule has 1 amide bonds. The van der Waals surface area contributed by atoms with Crippen molar-refractivity contribution >= 4 is 34.8 Å². The van der Waals surface area contributed by atoms with Crippen LogP contribution in [0.25, 0.3) is 0 Å².